The van der Waals surface area contributed by atoms with Crippen LogP contribution in [0.25, 0.3) is 11.3 Å². The van der Waals surface area contributed by atoms with Gasteiger partial charge in [0.2, 0.25) is 5.91 Å². The number of nitrogens with one attached hydrogen (secondary N) is 1. The van der Waals surface area contributed by atoms with Gasteiger partial charge in [-0.1, -0.05) is 60.4 Å². The van der Waals surface area contributed by atoms with Gasteiger partial charge in [-0.05, 0) is 18.4 Å². The van der Waals surface area contributed by atoms with E-state index in [2.05, 4.69) is 15.2 Å². The highest BCUT2D eigenvalue weighted by atomic mass is 32.2. The summed E-state index contributed by atoms with van der Waals surface area (Å²) in [5.41, 5.74) is 3.06. The molecule has 1 N–H and O–H groups in total. The van der Waals surface area contributed by atoms with E-state index in [1.54, 1.807) is 6.07 Å². The number of benzene rings is 1. The molecular formula is C23H22N4O2S3. The Labute approximate surface area is 199 Å². The molecule has 0 radical (unpaired) electrons. The monoisotopic (exact) mass is 482 g/mol. The third-order valence-corrected chi connectivity index (χ3v) is 8.17. The van der Waals surface area contributed by atoms with Gasteiger partial charge in [-0.15, -0.1) is 11.3 Å². The first kappa shape index (κ1) is 21.4. The predicted octanol–water partition coefficient (Wildman–Crippen LogP) is 4.05. The molecule has 2 aliphatic rings. The Morgan fingerprint density at radius 1 is 1.16 bits per heavy atom. The zero-order chi connectivity index (χ0) is 22.1. The van der Waals surface area contributed by atoms with Crippen molar-refractivity contribution in [1.82, 2.24) is 14.5 Å². The maximum Gasteiger partial charge on any atom is 0.250 e. The molecule has 1 aromatic carbocycles. The van der Waals surface area contributed by atoms with Crippen LogP contribution in [0, 0.1) is 5.92 Å². The number of carbonyl (C=O) groups excluding carboxylic acids is 1. The number of nitrogens with zero attached hydrogens (tertiary/aromatic N) is 3. The second-order valence-electron chi connectivity index (χ2n) is 8.11. The standard InChI is InChI=1S/C23H22N4O2S3/c28-20(25-22-24-18(13-31-22)16-5-2-1-3-6-16)14-32-23(30)26-10-15-9-17(12-26)19-7-4-8-21(29)27(19)11-15/h1-8,13,15,17H,9-12,14H2,(H,24,25,28)/t15-,17-/m1/s1. The number of thiazole rings is 1. The lowest BCUT2D eigenvalue weighted by molar-refractivity contribution is -0.113. The average Bonchev–Trinajstić information content (AvgIpc) is 3.27. The zero-order valence-corrected chi connectivity index (χ0v) is 19.7. The predicted molar refractivity (Wildman–Crippen MR) is 134 cm³/mol. The summed E-state index contributed by atoms with van der Waals surface area (Å²) in [6.45, 7) is 2.36. The van der Waals surface area contributed by atoms with Crippen molar-refractivity contribution in [1.29, 1.82) is 0 Å². The van der Waals surface area contributed by atoms with Gasteiger partial charge >= 0.3 is 0 Å². The van der Waals surface area contributed by atoms with E-state index < -0.39 is 0 Å². The number of carbonyl (C=O) groups is 1. The van der Waals surface area contributed by atoms with E-state index in [-0.39, 0.29) is 17.2 Å². The highest BCUT2D eigenvalue weighted by Crippen LogP contribution is 2.36. The lowest BCUT2D eigenvalue weighted by Gasteiger charge is -2.43. The van der Waals surface area contributed by atoms with E-state index in [0.717, 1.165) is 47.3 Å². The summed E-state index contributed by atoms with van der Waals surface area (Å²) in [7, 11) is 0. The van der Waals surface area contributed by atoms with Gasteiger partial charge in [0.25, 0.3) is 5.56 Å². The molecule has 6 nitrogen and oxygen atoms in total. The Balaban J connectivity index is 1.16. The molecule has 2 aromatic heterocycles. The van der Waals surface area contributed by atoms with E-state index in [9.17, 15) is 9.59 Å². The summed E-state index contributed by atoms with van der Waals surface area (Å²) in [5, 5.41) is 5.42. The number of thioether (sulfide) groups is 1. The largest absolute Gasteiger partial charge is 0.356 e. The van der Waals surface area contributed by atoms with Gasteiger partial charge in [-0.25, -0.2) is 4.98 Å². The lowest BCUT2D eigenvalue weighted by Crippen LogP contribution is -2.48. The van der Waals surface area contributed by atoms with Crippen LogP contribution in [0.4, 0.5) is 5.13 Å². The minimum absolute atomic E-state index is 0.0804. The van der Waals surface area contributed by atoms with Gasteiger partial charge in [0, 0.05) is 48.3 Å². The molecule has 0 unspecified atom stereocenters. The number of hydrogen-bond acceptors (Lipinski definition) is 6. The van der Waals surface area contributed by atoms with E-state index in [0.29, 0.717) is 17.0 Å². The molecule has 2 bridgehead atoms. The summed E-state index contributed by atoms with van der Waals surface area (Å²) < 4.78 is 2.66. The van der Waals surface area contributed by atoms with Crippen LogP contribution >= 0.6 is 35.3 Å². The fourth-order valence-electron chi connectivity index (χ4n) is 4.49. The van der Waals surface area contributed by atoms with Crippen LogP contribution in [-0.2, 0) is 11.3 Å². The van der Waals surface area contributed by atoms with Crippen LogP contribution in [0.15, 0.2) is 58.7 Å². The summed E-state index contributed by atoms with van der Waals surface area (Å²) in [4.78, 5) is 31.4. The Morgan fingerprint density at radius 2 is 2.00 bits per heavy atom. The fraction of sp³-hybridized carbons (Fsp3) is 0.304. The van der Waals surface area contributed by atoms with Gasteiger partial charge < -0.3 is 14.8 Å². The smallest absolute Gasteiger partial charge is 0.250 e. The molecule has 5 rings (SSSR count). The van der Waals surface area contributed by atoms with Crippen LogP contribution in [0.3, 0.4) is 0 Å². The number of likely N-dealkylation sites (tertiary alicyclic amines) is 1. The van der Waals surface area contributed by atoms with Gasteiger partial charge in [0.15, 0.2) is 5.13 Å². The number of aromatic nitrogens is 2. The normalized spacial score (nSPS) is 19.3. The quantitative estimate of drug-likeness (QED) is 0.566. The molecule has 1 fully saturated rings. The van der Waals surface area contributed by atoms with Crippen molar-refractivity contribution in [3.63, 3.8) is 0 Å². The number of amides is 1. The molecule has 4 heterocycles. The second kappa shape index (κ2) is 9.17. The highest BCUT2D eigenvalue weighted by molar-refractivity contribution is 8.23. The Kier molecular flexibility index (Phi) is 6.12. The third-order valence-electron chi connectivity index (χ3n) is 5.88. The summed E-state index contributed by atoms with van der Waals surface area (Å²) in [5.74, 6) is 0.845. The first-order valence-corrected chi connectivity index (χ1v) is 12.8. The summed E-state index contributed by atoms with van der Waals surface area (Å²) in [6.07, 6.45) is 1.08. The lowest BCUT2D eigenvalue weighted by atomic mass is 9.83. The molecule has 1 saturated heterocycles. The van der Waals surface area contributed by atoms with E-state index in [1.807, 2.05) is 52.4 Å². The molecule has 0 spiro atoms. The number of rotatable bonds is 4. The van der Waals surface area contributed by atoms with Crippen LogP contribution in [0.1, 0.15) is 18.0 Å². The number of anilines is 1. The maximum absolute atomic E-state index is 12.5. The minimum atomic E-state index is -0.111. The number of fused-ring (bicyclic) bond motifs is 4. The third kappa shape index (κ3) is 4.51. The van der Waals surface area contributed by atoms with Crippen LogP contribution < -0.4 is 10.9 Å². The average molecular weight is 483 g/mol. The van der Waals surface area contributed by atoms with E-state index in [4.69, 9.17) is 12.2 Å². The molecular weight excluding hydrogens is 460 g/mol. The van der Waals surface area contributed by atoms with E-state index >= 15 is 0 Å². The van der Waals surface area contributed by atoms with Crippen molar-refractivity contribution >= 4 is 50.7 Å². The van der Waals surface area contributed by atoms with Gasteiger partial charge in [-0.2, -0.15) is 0 Å². The maximum atomic E-state index is 12.5. The molecule has 1 amide bonds. The molecule has 9 heteroatoms. The first-order valence-electron chi connectivity index (χ1n) is 10.5. The molecule has 164 valence electrons. The Morgan fingerprint density at radius 3 is 2.84 bits per heavy atom. The van der Waals surface area contributed by atoms with Crippen molar-refractivity contribution in [3.8, 4) is 11.3 Å². The van der Waals surface area contributed by atoms with Crippen molar-refractivity contribution in [3.05, 3.63) is 70.0 Å². The summed E-state index contributed by atoms with van der Waals surface area (Å²) in [6, 6.07) is 15.4. The van der Waals surface area contributed by atoms with Gasteiger partial charge in [0.1, 0.15) is 4.32 Å². The molecule has 2 atom stereocenters. The molecule has 0 saturated carbocycles. The molecule has 32 heavy (non-hydrogen) atoms. The van der Waals surface area contributed by atoms with Crippen LogP contribution in [-0.4, -0.2) is 43.5 Å². The van der Waals surface area contributed by atoms with E-state index in [1.165, 1.54) is 23.1 Å². The topological polar surface area (TPSA) is 67.2 Å². The zero-order valence-electron chi connectivity index (χ0n) is 17.3. The van der Waals surface area contributed by atoms with Gasteiger partial charge in [-0.3, -0.25) is 9.59 Å². The number of piperidine rings is 1. The van der Waals surface area contributed by atoms with Crippen molar-refractivity contribution in [2.75, 3.05) is 24.2 Å². The fourth-order valence-corrected chi connectivity index (χ4v) is 6.21. The second-order valence-corrected chi connectivity index (χ2v) is 10.6. The van der Waals surface area contributed by atoms with Crippen LogP contribution in [0.5, 0.6) is 0 Å². The Bertz CT molecular complexity index is 1210. The number of hydrogen-bond donors (Lipinski definition) is 1. The summed E-state index contributed by atoms with van der Waals surface area (Å²) >= 11 is 8.46. The minimum Gasteiger partial charge on any atom is -0.356 e. The Hall–Kier alpha value is -2.49. The highest BCUT2D eigenvalue weighted by Gasteiger charge is 2.35. The van der Waals surface area contributed by atoms with Crippen molar-refractivity contribution < 1.29 is 4.79 Å². The molecule has 2 aliphatic heterocycles. The number of pyridine rings is 1. The molecule has 3 aromatic rings. The van der Waals surface area contributed by atoms with Crippen molar-refractivity contribution in [2.24, 2.45) is 5.92 Å². The van der Waals surface area contributed by atoms with Gasteiger partial charge in [0.05, 0.1) is 11.4 Å². The number of thiocarbonyl (C=S) groups is 1. The SMILES string of the molecule is O=C(CSC(=S)N1C[C@H]2C[C@H](C1)c1cccc(=O)n1C2)Nc1nc(-c2ccccc2)cs1. The van der Waals surface area contributed by atoms with Crippen molar-refractivity contribution in [2.45, 2.75) is 18.9 Å². The van der Waals surface area contributed by atoms with Crippen LogP contribution in [0.2, 0.25) is 0 Å². The first-order chi connectivity index (χ1) is 15.6. The molecule has 0 aliphatic carbocycles.